The number of carbonyl (C=O) groups excluding carboxylic acids is 3. The van der Waals surface area contributed by atoms with Gasteiger partial charge in [-0.05, 0) is 37.0 Å². The molecule has 0 spiro atoms. The zero-order valence-electron chi connectivity index (χ0n) is 15.0. The van der Waals surface area contributed by atoms with Gasteiger partial charge >= 0.3 is 5.97 Å². The molecule has 0 aliphatic rings. The first-order chi connectivity index (χ1) is 12.5. The van der Waals surface area contributed by atoms with Crippen molar-refractivity contribution in [1.82, 2.24) is 5.32 Å². The number of Topliss-reactive ketones (excluding diaryl/α,β-unsaturated/α-hetero) is 1. The zero-order chi connectivity index (χ0) is 18.9. The van der Waals surface area contributed by atoms with Crippen LogP contribution >= 0.6 is 0 Å². The van der Waals surface area contributed by atoms with Crippen molar-refractivity contribution in [3.05, 3.63) is 71.3 Å². The third-order valence-corrected chi connectivity index (χ3v) is 4.07. The van der Waals surface area contributed by atoms with Gasteiger partial charge in [0.1, 0.15) is 0 Å². The number of ether oxygens (including phenoxy) is 1. The third-order valence-electron chi connectivity index (χ3n) is 4.07. The maximum atomic E-state index is 12.0. The second-order valence-electron chi connectivity index (χ2n) is 6.18. The molecule has 1 atom stereocenters. The minimum Gasteiger partial charge on any atom is -0.455 e. The highest BCUT2D eigenvalue weighted by Crippen LogP contribution is 2.08. The predicted octanol–water partition coefficient (Wildman–Crippen LogP) is 2.40. The number of benzene rings is 2. The fourth-order valence-electron chi connectivity index (χ4n) is 2.54. The Bertz CT molecular complexity index is 771. The summed E-state index contributed by atoms with van der Waals surface area (Å²) in [6.07, 6.45) is 0.513. The Kier molecular flexibility index (Phi) is 7.09. The molecule has 2 rings (SSSR count). The van der Waals surface area contributed by atoms with Gasteiger partial charge in [0.05, 0.1) is 12.5 Å². The lowest BCUT2D eigenvalue weighted by molar-refractivity contribution is -0.148. The maximum absolute atomic E-state index is 12.0. The number of rotatable bonds is 8. The molecular formula is C21H23NO4. The predicted molar refractivity (Wildman–Crippen MR) is 98.6 cm³/mol. The fraction of sp³-hybridized carbons (Fsp3) is 0.286. The Morgan fingerprint density at radius 1 is 1.00 bits per heavy atom. The van der Waals surface area contributed by atoms with E-state index in [4.69, 9.17) is 4.74 Å². The van der Waals surface area contributed by atoms with Crippen LogP contribution in [0.3, 0.4) is 0 Å². The van der Waals surface area contributed by atoms with Gasteiger partial charge in [0.15, 0.2) is 12.4 Å². The minimum absolute atomic E-state index is 0.111. The van der Waals surface area contributed by atoms with Crippen molar-refractivity contribution in [1.29, 1.82) is 0 Å². The molecule has 0 aliphatic carbocycles. The summed E-state index contributed by atoms with van der Waals surface area (Å²) < 4.78 is 5.03. The molecule has 0 saturated heterocycles. The molecule has 2 aromatic rings. The number of carbonyl (C=O) groups is 3. The van der Waals surface area contributed by atoms with E-state index in [1.54, 1.807) is 0 Å². The Morgan fingerprint density at radius 3 is 2.31 bits per heavy atom. The highest BCUT2D eigenvalue weighted by Gasteiger charge is 2.18. The highest BCUT2D eigenvalue weighted by atomic mass is 16.5. The topological polar surface area (TPSA) is 72.5 Å². The molecule has 26 heavy (non-hydrogen) atoms. The number of nitrogens with one attached hydrogen (secondary N) is 1. The summed E-state index contributed by atoms with van der Waals surface area (Å²) in [5, 5.41) is 2.63. The number of hydrogen-bond acceptors (Lipinski definition) is 4. The van der Waals surface area contributed by atoms with Gasteiger partial charge in [-0.1, -0.05) is 54.6 Å². The van der Waals surface area contributed by atoms with Crippen LogP contribution in [0, 0.1) is 6.92 Å². The van der Waals surface area contributed by atoms with Gasteiger partial charge in [0, 0.05) is 0 Å². The standard InChI is InChI=1S/C21H23NO4/c1-15-8-6-7-11-18(15)13-21(25)26-14-20(24)22-19(16(2)23)12-17-9-4-3-5-10-17/h3-11,19H,12-14H2,1-2H3,(H,22,24)/t19-/m0/s1. The van der Waals surface area contributed by atoms with Crippen molar-refractivity contribution >= 4 is 17.7 Å². The summed E-state index contributed by atoms with van der Waals surface area (Å²) in [6.45, 7) is 2.94. The number of aryl methyl sites for hydroxylation is 1. The molecule has 0 aromatic heterocycles. The van der Waals surface area contributed by atoms with Crippen LogP contribution in [0.5, 0.6) is 0 Å². The molecule has 0 bridgehead atoms. The fourth-order valence-corrected chi connectivity index (χ4v) is 2.54. The van der Waals surface area contributed by atoms with E-state index < -0.39 is 24.5 Å². The third kappa shape index (κ3) is 6.16. The lowest BCUT2D eigenvalue weighted by Gasteiger charge is -2.16. The van der Waals surface area contributed by atoms with Crippen LogP contribution in [0.15, 0.2) is 54.6 Å². The average molecular weight is 353 g/mol. The number of hydrogen-bond donors (Lipinski definition) is 1. The van der Waals surface area contributed by atoms with Crippen molar-refractivity contribution in [2.45, 2.75) is 32.7 Å². The van der Waals surface area contributed by atoms with Crippen LogP contribution in [0.2, 0.25) is 0 Å². The molecule has 5 nitrogen and oxygen atoms in total. The molecule has 1 N–H and O–H groups in total. The van der Waals surface area contributed by atoms with Crippen LogP contribution in [-0.2, 0) is 32.0 Å². The van der Waals surface area contributed by atoms with Gasteiger partial charge in [-0.2, -0.15) is 0 Å². The van der Waals surface area contributed by atoms with E-state index in [0.717, 1.165) is 16.7 Å². The molecule has 0 fully saturated rings. The van der Waals surface area contributed by atoms with Crippen LogP contribution in [-0.4, -0.2) is 30.3 Å². The first-order valence-corrected chi connectivity index (χ1v) is 8.49. The molecule has 0 heterocycles. The van der Waals surface area contributed by atoms with E-state index in [9.17, 15) is 14.4 Å². The summed E-state index contributed by atoms with van der Waals surface area (Å²) >= 11 is 0. The molecule has 0 radical (unpaired) electrons. The Balaban J connectivity index is 1.83. The van der Waals surface area contributed by atoms with Gasteiger partial charge in [-0.25, -0.2) is 0 Å². The molecular weight excluding hydrogens is 330 g/mol. The normalized spacial score (nSPS) is 11.5. The lowest BCUT2D eigenvalue weighted by atomic mass is 10.0. The minimum atomic E-state index is -0.639. The maximum Gasteiger partial charge on any atom is 0.310 e. The summed E-state index contributed by atoms with van der Waals surface area (Å²) in [5.74, 6) is -1.11. The SMILES string of the molecule is CC(=O)[C@H](Cc1ccccc1)NC(=O)COC(=O)Cc1ccccc1C. The quantitative estimate of drug-likeness (QED) is 0.740. The highest BCUT2D eigenvalue weighted by molar-refractivity contribution is 5.89. The van der Waals surface area contributed by atoms with E-state index in [0.29, 0.717) is 6.42 Å². The van der Waals surface area contributed by atoms with Crippen molar-refractivity contribution in [3.8, 4) is 0 Å². The molecule has 5 heteroatoms. The van der Waals surface area contributed by atoms with Crippen molar-refractivity contribution in [3.63, 3.8) is 0 Å². The second-order valence-corrected chi connectivity index (χ2v) is 6.18. The van der Waals surface area contributed by atoms with Gasteiger partial charge < -0.3 is 10.1 Å². The molecule has 0 unspecified atom stereocenters. The van der Waals surface area contributed by atoms with Gasteiger partial charge in [0.25, 0.3) is 5.91 Å². The molecule has 0 aliphatic heterocycles. The summed E-state index contributed by atoms with van der Waals surface area (Å²) in [4.78, 5) is 35.7. The Labute approximate surface area is 153 Å². The zero-order valence-corrected chi connectivity index (χ0v) is 15.0. The molecule has 2 aromatic carbocycles. The number of ketones is 1. The largest absolute Gasteiger partial charge is 0.455 e. The smallest absolute Gasteiger partial charge is 0.310 e. The van der Waals surface area contributed by atoms with Gasteiger partial charge in [0.2, 0.25) is 0 Å². The first kappa shape index (κ1) is 19.4. The summed E-state index contributed by atoms with van der Waals surface area (Å²) in [6, 6.07) is 16.3. The summed E-state index contributed by atoms with van der Waals surface area (Å²) in [5.41, 5.74) is 2.81. The van der Waals surface area contributed by atoms with Gasteiger partial charge in [-0.3, -0.25) is 14.4 Å². The average Bonchev–Trinajstić information content (AvgIpc) is 2.62. The number of amides is 1. The van der Waals surface area contributed by atoms with Crippen LogP contribution in [0.25, 0.3) is 0 Å². The first-order valence-electron chi connectivity index (χ1n) is 8.49. The van der Waals surface area contributed by atoms with Crippen LogP contribution in [0.1, 0.15) is 23.6 Å². The molecule has 1 amide bonds. The van der Waals surface area contributed by atoms with E-state index in [-0.39, 0.29) is 12.2 Å². The lowest BCUT2D eigenvalue weighted by Crippen LogP contribution is -2.43. The van der Waals surface area contributed by atoms with Crippen LogP contribution < -0.4 is 5.32 Å². The van der Waals surface area contributed by atoms with Crippen molar-refractivity contribution in [2.75, 3.05) is 6.61 Å². The van der Waals surface area contributed by atoms with E-state index in [2.05, 4.69) is 5.32 Å². The Hall–Kier alpha value is -2.95. The van der Waals surface area contributed by atoms with Crippen LogP contribution in [0.4, 0.5) is 0 Å². The Morgan fingerprint density at radius 2 is 1.65 bits per heavy atom. The second kappa shape index (κ2) is 9.51. The van der Waals surface area contributed by atoms with Crippen molar-refractivity contribution < 1.29 is 19.1 Å². The van der Waals surface area contributed by atoms with E-state index in [1.807, 2.05) is 61.5 Å². The molecule has 136 valence electrons. The number of esters is 1. The molecule has 0 saturated carbocycles. The van der Waals surface area contributed by atoms with E-state index >= 15 is 0 Å². The summed E-state index contributed by atoms with van der Waals surface area (Å²) in [7, 11) is 0. The van der Waals surface area contributed by atoms with E-state index in [1.165, 1.54) is 6.92 Å². The monoisotopic (exact) mass is 353 g/mol. The van der Waals surface area contributed by atoms with Crippen molar-refractivity contribution in [2.24, 2.45) is 0 Å². The van der Waals surface area contributed by atoms with Gasteiger partial charge in [-0.15, -0.1) is 0 Å².